The highest BCUT2D eigenvalue weighted by Gasteiger charge is 2.16. The third kappa shape index (κ3) is 3.49. The summed E-state index contributed by atoms with van der Waals surface area (Å²) in [6.07, 6.45) is 0. The van der Waals surface area contributed by atoms with E-state index in [9.17, 15) is 0 Å². The summed E-state index contributed by atoms with van der Waals surface area (Å²) in [7, 11) is 2.12. The standard InChI is InChI=1S/C46H28N2/c1-48-41-25-20-35(37-22-17-33-13-11-29-5-3-7-31-19-24-39(37)45(33)43(29)31)26-40(41)47-46(48)34-14-8-27(9-15-34)36-21-16-32-12-10-28-4-2-6-30-18-23-38(36)44(32)42(28)30/h2-26H,1H3. The summed E-state index contributed by atoms with van der Waals surface area (Å²) in [6, 6.07) is 56.0. The van der Waals surface area contributed by atoms with Crippen molar-refractivity contribution in [3.63, 3.8) is 0 Å². The van der Waals surface area contributed by atoms with Gasteiger partial charge in [0.2, 0.25) is 0 Å². The Labute approximate surface area is 276 Å². The van der Waals surface area contributed by atoms with Crippen molar-refractivity contribution >= 4 is 75.7 Å². The fourth-order valence-electron chi connectivity index (χ4n) is 8.40. The van der Waals surface area contributed by atoms with Crippen LogP contribution in [0.4, 0.5) is 0 Å². The fraction of sp³-hybridized carbons (Fsp3) is 0.0217. The van der Waals surface area contributed by atoms with Gasteiger partial charge in [-0.2, -0.15) is 0 Å². The molecule has 0 saturated heterocycles. The van der Waals surface area contributed by atoms with Gasteiger partial charge in [-0.25, -0.2) is 4.98 Å². The van der Waals surface area contributed by atoms with Crippen LogP contribution in [0.1, 0.15) is 0 Å². The fourth-order valence-corrected chi connectivity index (χ4v) is 8.40. The zero-order chi connectivity index (χ0) is 31.5. The number of nitrogens with zero attached hydrogens (tertiary/aromatic N) is 2. The van der Waals surface area contributed by atoms with Crippen LogP contribution in [0.3, 0.4) is 0 Å². The number of fused-ring (bicyclic) bond motifs is 1. The van der Waals surface area contributed by atoms with Crippen molar-refractivity contribution in [2.75, 3.05) is 0 Å². The minimum absolute atomic E-state index is 0.972. The molecule has 0 amide bonds. The Hall–Kier alpha value is -6.25. The Morgan fingerprint density at radius 1 is 0.396 bits per heavy atom. The molecule has 1 aromatic heterocycles. The zero-order valence-electron chi connectivity index (χ0n) is 26.3. The predicted molar refractivity (Wildman–Crippen MR) is 204 cm³/mol. The Morgan fingerprint density at radius 3 is 1.40 bits per heavy atom. The van der Waals surface area contributed by atoms with Gasteiger partial charge in [-0.15, -0.1) is 0 Å². The third-order valence-corrected chi connectivity index (χ3v) is 10.7. The Bertz CT molecular complexity index is 3020. The molecule has 0 atom stereocenters. The van der Waals surface area contributed by atoms with Gasteiger partial charge in [-0.05, 0) is 99.0 Å². The molecule has 11 aromatic rings. The second-order valence-corrected chi connectivity index (χ2v) is 13.2. The molecule has 0 radical (unpaired) electrons. The summed E-state index contributed by atoms with van der Waals surface area (Å²) in [5.41, 5.74) is 8.15. The molecule has 0 aliphatic heterocycles. The number of aromatic nitrogens is 2. The van der Waals surface area contributed by atoms with Gasteiger partial charge < -0.3 is 4.57 Å². The molecule has 0 aliphatic rings. The Morgan fingerprint density at radius 2 is 0.833 bits per heavy atom. The van der Waals surface area contributed by atoms with Crippen molar-refractivity contribution < 1.29 is 0 Å². The molecular formula is C46H28N2. The summed E-state index contributed by atoms with van der Waals surface area (Å²) in [6.45, 7) is 0. The molecule has 11 rings (SSSR count). The lowest BCUT2D eigenvalue weighted by atomic mass is 9.90. The minimum atomic E-state index is 0.972. The third-order valence-electron chi connectivity index (χ3n) is 10.7. The lowest BCUT2D eigenvalue weighted by molar-refractivity contribution is 0.959. The smallest absolute Gasteiger partial charge is 0.140 e. The normalized spacial score (nSPS) is 12.3. The number of aryl methyl sites for hydroxylation is 1. The van der Waals surface area contributed by atoms with E-state index in [1.165, 1.54) is 86.9 Å². The average molecular weight is 609 g/mol. The number of benzene rings is 10. The maximum Gasteiger partial charge on any atom is 0.140 e. The first-order valence-electron chi connectivity index (χ1n) is 16.6. The molecule has 2 nitrogen and oxygen atoms in total. The average Bonchev–Trinajstić information content (AvgIpc) is 3.48. The Balaban J connectivity index is 1.01. The van der Waals surface area contributed by atoms with Crippen LogP contribution < -0.4 is 0 Å². The van der Waals surface area contributed by atoms with Gasteiger partial charge >= 0.3 is 0 Å². The second kappa shape index (κ2) is 9.40. The van der Waals surface area contributed by atoms with Crippen LogP contribution in [0.2, 0.25) is 0 Å². The van der Waals surface area contributed by atoms with Crippen LogP contribution >= 0.6 is 0 Å². The number of imidazole rings is 1. The van der Waals surface area contributed by atoms with E-state index < -0.39 is 0 Å². The van der Waals surface area contributed by atoms with Gasteiger partial charge in [0, 0.05) is 12.6 Å². The molecule has 48 heavy (non-hydrogen) atoms. The molecule has 2 heteroatoms. The van der Waals surface area contributed by atoms with Gasteiger partial charge in [0.05, 0.1) is 11.0 Å². The first kappa shape index (κ1) is 25.9. The van der Waals surface area contributed by atoms with Crippen LogP contribution in [0.5, 0.6) is 0 Å². The minimum Gasteiger partial charge on any atom is -0.327 e. The van der Waals surface area contributed by atoms with Crippen molar-refractivity contribution in [1.29, 1.82) is 0 Å². The highest BCUT2D eigenvalue weighted by Crippen LogP contribution is 2.41. The summed E-state index contributed by atoms with van der Waals surface area (Å²) < 4.78 is 2.22. The molecule has 0 N–H and O–H groups in total. The van der Waals surface area contributed by atoms with Crippen LogP contribution in [-0.4, -0.2) is 9.55 Å². The van der Waals surface area contributed by atoms with Crippen LogP contribution in [0.15, 0.2) is 152 Å². The molecule has 10 aromatic carbocycles. The summed E-state index contributed by atoms with van der Waals surface area (Å²) in [5, 5.41) is 15.7. The van der Waals surface area contributed by atoms with E-state index in [1.807, 2.05) is 0 Å². The number of hydrogen-bond donors (Lipinski definition) is 0. The van der Waals surface area contributed by atoms with Crippen LogP contribution in [-0.2, 0) is 7.05 Å². The molecule has 222 valence electrons. The topological polar surface area (TPSA) is 17.8 Å². The van der Waals surface area contributed by atoms with Gasteiger partial charge in [0.1, 0.15) is 5.82 Å². The van der Waals surface area contributed by atoms with E-state index in [1.54, 1.807) is 0 Å². The first-order valence-corrected chi connectivity index (χ1v) is 16.6. The summed E-state index contributed by atoms with van der Waals surface area (Å²) >= 11 is 0. The van der Waals surface area contributed by atoms with Gasteiger partial charge in [0.15, 0.2) is 0 Å². The highest BCUT2D eigenvalue weighted by atomic mass is 15.1. The maximum atomic E-state index is 5.20. The maximum absolute atomic E-state index is 5.20. The lowest BCUT2D eigenvalue weighted by Gasteiger charge is -2.14. The predicted octanol–water partition coefficient (Wildman–Crippen LogP) is 12.4. The van der Waals surface area contributed by atoms with Crippen LogP contribution in [0.25, 0.3) is 109 Å². The summed E-state index contributed by atoms with van der Waals surface area (Å²) in [5.74, 6) is 0.972. The van der Waals surface area contributed by atoms with Crippen molar-refractivity contribution in [3.05, 3.63) is 152 Å². The van der Waals surface area contributed by atoms with Crippen molar-refractivity contribution in [2.45, 2.75) is 0 Å². The largest absolute Gasteiger partial charge is 0.327 e. The van der Waals surface area contributed by atoms with E-state index in [2.05, 4.69) is 163 Å². The molecule has 0 saturated carbocycles. The number of hydrogen-bond acceptors (Lipinski definition) is 1. The van der Waals surface area contributed by atoms with E-state index in [0.29, 0.717) is 0 Å². The van der Waals surface area contributed by atoms with Gasteiger partial charge in [-0.1, -0.05) is 140 Å². The van der Waals surface area contributed by atoms with E-state index >= 15 is 0 Å². The molecule has 0 spiro atoms. The molecule has 0 unspecified atom stereocenters. The SMILES string of the molecule is Cn1c(-c2ccc(-c3ccc4ccc5cccc6ccc3c4c56)cc2)nc2cc(-c3ccc4ccc5cccc6ccc3c4c56)ccc21. The molecule has 0 bridgehead atoms. The van der Waals surface area contributed by atoms with Crippen molar-refractivity contribution in [1.82, 2.24) is 9.55 Å². The van der Waals surface area contributed by atoms with E-state index in [0.717, 1.165) is 22.4 Å². The molecule has 1 heterocycles. The van der Waals surface area contributed by atoms with E-state index in [-0.39, 0.29) is 0 Å². The first-order chi connectivity index (χ1) is 23.7. The lowest BCUT2D eigenvalue weighted by Crippen LogP contribution is -1.92. The van der Waals surface area contributed by atoms with Crippen molar-refractivity contribution in [3.8, 4) is 33.6 Å². The summed E-state index contributed by atoms with van der Waals surface area (Å²) in [4.78, 5) is 5.20. The molecule has 0 aliphatic carbocycles. The zero-order valence-corrected chi connectivity index (χ0v) is 26.3. The Kier molecular flexibility index (Phi) is 5.07. The van der Waals surface area contributed by atoms with Crippen LogP contribution in [0, 0.1) is 0 Å². The highest BCUT2D eigenvalue weighted by molar-refractivity contribution is 6.26. The van der Waals surface area contributed by atoms with E-state index in [4.69, 9.17) is 4.98 Å². The second-order valence-electron chi connectivity index (χ2n) is 13.2. The van der Waals surface area contributed by atoms with Gasteiger partial charge in [0.25, 0.3) is 0 Å². The van der Waals surface area contributed by atoms with Gasteiger partial charge in [-0.3, -0.25) is 0 Å². The quantitative estimate of drug-likeness (QED) is 0.182. The molecule has 0 fully saturated rings. The van der Waals surface area contributed by atoms with Crippen molar-refractivity contribution in [2.24, 2.45) is 7.05 Å². The molecular weight excluding hydrogens is 581 g/mol. The monoisotopic (exact) mass is 608 g/mol. The number of rotatable bonds is 3.